The Bertz CT molecular complexity index is 968. The fraction of sp³-hybridized carbons (Fsp3) is 0.645. The summed E-state index contributed by atoms with van der Waals surface area (Å²) in [5.41, 5.74) is 0.240. The number of fused-ring (bicyclic) bond motifs is 1. The minimum atomic E-state index is -0.777. The predicted octanol–water partition coefficient (Wildman–Crippen LogP) is 5.69. The Morgan fingerprint density at radius 1 is 1.13 bits per heavy atom. The van der Waals surface area contributed by atoms with Crippen molar-refractivity contribution >= 4 is 17.8 Å². The second-order valence-electron chi connectivity index (χ2n) is 12.0. The van der Waals surface area contributed by atoms with Gasteiger partial charge in [0, 0.05) is 6.54 Å². The maximum atomic E-state index is 14.4. The van der Waals surface area contributed by atoms with Gasteiger partial charge in [0.2, 0.25) is 5.91 Å². The number of rotatable bonds is 11. The third kappa shape index (κ3) is 7.92. The molecule has 4 atom stereocenters. The van der Waals surface area contributed by atoms with Gasteiger partial charge in [-0.25, -0.2) is 5.06 Å². The number of hydrogen-bond donors (Lipinski definition) is 0. The molecule has 0 aliphatic carbocycles. The van der Waals surface area contributed by atoms with Crippen LogP contribution in [0.2, 0.25) is 0 Å². The number of amides is 2. The zero-order valence-corrected chi connectivity index (χ0v) is 24.0. The monoisotopic (exact) mass is 526 g/mol. The molecule has 1 fully saturated rings. The molecule has 1 aromatic rings. The summed E-state index contributed by atoms with van der Waals surface area (Å²) in [5, 5.41) is 1.31. The van der Waals surface area contributed by atoms with Crippen molar-refractivity contribution in [2.45, 2.75) is 104 Å². The molecule has 3 rings (SSSR count). The molecule has 2 aliphatic rings. The van der Waals surface area contributed by atoms with Gasteiger partial charge in [-0.15, -0.1) is 0 Å². The molecule has 0 N–H and O–H groups in total. The van der Waals surface area contributed by atoms with Crippen LogP contribution in [0, 0.1) is 17.8 Å². The molecular weight excluding hydrogens is 480 g/mol. The molecule has 38 heavy (non-hydrogen) atoms. The van der Waals surface area contributed by atoms with E-state index in [1.165, 1.54) is 5.06 Å². The van der Waals surface area contributed by atoms with Crippen molar-refractivity contribution in [3.8, 4) is 0 Å². The highest BCUT2D eigenvalue weighted by Gasteiger charge is 2.44. The summed E-state index contributed by atoms with van der Waals surface area (Å²) in [6, 6.07) is 8.91. The molecule has 0 radical (unpaired) electrons. The SMILES string of the molecule is CCCC(C(=O)OC(C)(C)C)C(CC(C)C)C(=O)N(OCc1ccccc1)C1CC=CC2CCCN2C1=O. The van der Waals surface area contributed by atoms with E-state index in [2.05, 4.69) is 6.08 Å². The standard InChI is InChI=1S/C31H46N2O5/c1-7-13-25(30(36)38-31(4,5)6)26(20-22(2)3)28(34)33(37-21-23-14-9-8-10-15-23)27-18-11-16-24-17-12-19-32(24)29(27)35/h8-11,14-16,22,24-27H,7,12-13,17-21H2,1-6H3. The van der Waals surface area contributed by atoms with E-state index in [1.807, 2.05) is 82.9 Å². The molecule has 1 saturated heterocycles. The van der Waals surface area contributed by atoms with Crippen molar-refractivity contribution in [2.75, 3.05) is 6.54 Å². The number of nitrogens with zero attached hydrogens (tertiary/aromatic N) is 2. The highest BCUT2D eigenvalue weighted by Crippen LogP contribution is 2.32. The van der Waals surface area contributed by atoms with Crippen LogP contribution in [0.15, 0.2) is 42.5 Å². The number of esters is 1. The van der Waals surface area contributed by atoms with Crippen LogP contribution in [0.5, 0.6) is 0 Å². The minimum Gasteiger partial charge on any atom is -0.460 e. The highest BCUT2D eigenvalue weighted by atomic mass is 16.7. The van der Waals surface area contributed by atoms with E-state index in [-0.39, 0.29) is 36.4 Å². The molecule has 1 aromatic carbocycles. The Morgan fingerprint density at radius 3 is 2.47 bits per heavy atom. The molecule has 2 heterocycles. The summed E-state index contributed by atoms with van der Waals surface area (Å²) in [5.74, 6) is -1.89. The summed E-state index contributed by atoms with van der Waals surface area (Å²) in [4.78, 5) is 49.7. The van der Waals surface area contributed by atoms with Gasteiger partial charge in [-0.2, -0.15) is 0 Å². The molecule has 4 unspecified atom stereocenters. The van der Waals surface area contributed by atoms with E-state index in [4.69, 9.17) is 9.57 Å². The van der Waals surface area contributed by atoms with Crippen molar-refractivity contribution in [3.05, 3.63) is 48.0 Å². The van der Waals surface area contributed by atoms with Gasteiger partial charge in [0.1, 0.15) is 18.2 Å². The van der Waals surface area contributed by atoms with E-state index in [0.29, 0.717) is 25.8 Å². The Kier molecular flexibility index (Phi) is 10.5. The quantitative estimate of drug-likeness (QED) is 0.210. The molecular formula is C31H46N2O5. The van der Waals surface area contributed by atoms with Gasteiger partial charge in [0.05, 0.1) is 17.9 Å². The van der Waals surface area contributed by atoms with Crippen molar-refractivity contribution in [3.63, 3.8) is 0 Å². The third-order valence-corrected chi connectivity index (χ3v) is 7.14. The maximum Gasteiger partial charge on any atom is 0.310 e. The normalized spacial score (nSPS) is 21.1. The third-order valence-electron chi connectivity index (χ3n) is 7.14. The first-order valence-electron chi connectivity index (χ1n) is 14.2. The van der Waals surface area contributed by atoms with Gasteiger partial charge in [0.25, 0.3) is 5.91 Å². The van der Waals surface area contributed by atoms with E-state index in [1.54, 1.807) is 0 Å². The highest BCUT2D eigenvalue weighted by molar-refractivity contribution is 5.91. The number of carbonyl (C=O) groups is 3. The molecule has 0 aromatic heterocycles. The van der Waals surface area contributed by atoms with E-state index in [0.717, 1.165) is 24.8 Å². The lowest BCUT2D eigenvalue weighted by Gasteiger charge is -2.36. The maximum absolute atomic E-state index is 14.4. The molecule has 7 heteroatoms. The van der Waals surface area contributed by atoms with Gasteiger partial charge in [-0.1, -0.05) is 69.7 Å². The Labute approximate surface area is 228 Å². The van der Waals surface area contributed by atoms with Gasteiger partial charge in [-0.05, 0) is 64.4 Å². The summed E-state index contributed by atoms with van der Waals surface area (Å²) in [6.07, 6.45) is 8.09. The first kappa shape index (κ1) is 29.9. The lowest BCUT2D eigenvalue weighted by molar-refractivity contribution is -0.215. The first-order chi connectivity index (χ1) is 18.0. The van der Waals surface area contributed by atoms with Crippen molar-refractivity contribution in [2.24, 2.45) is 17.8 Å². The summed E-state index contributed by atoms with van der Waals surface area (Å²) < 4.78 is 5.78. The number of hydroxylamine groups is 2. The average Bonchev–Trinajstić information content (AvgIpc) is 3.26. The first-order valence-corrected chi connectivity index (χ1v) is 14.2. The average molecular weight is 527 g/mol. The molecule has 0 bridgehead atoms. The van der Waals surface area contributed by atoms with Crippen molar-refractivity contribution < 1.29 is 24.0 Å². The number of hydrogen-bond acceptors (Lipinski definition) is 5. The zero-order valence-electron chi connectivity index (χ0n) is 24.0. The smallest absolute Gasteiger partial charge is 0.310 e. The lowest BCUT2D eigenvalue weighted by Crippen LogP contribution is -2.53. The molecule has 2 aliphatic heterocycles. The number of carbonyl (C=O) groups excluding carboxylic acids is 3. The topological polar surface area (TPSA) is 76.2 Å². The largest absolute Gasteiger partial charge is 0.460 e. The number of ether oxygens (including phenoxy) is 1. The molecule has 0 saturated carbocycles. The fourth-order valence-electron chi connectivity index (χ4n) is 5.42. The van der Waals surface area contributed by atoms with Crippen LogP contribution in [-0.4, -0.2) is 52.0 Å². The van der Waals surface area contributed by atoms with E-state index in [9.17, 15) is 14.4 Å². The molecule has 0 spiro atoms. The van der Waals surface area contributed by atoms with E-state index < -0.39 is 23.5 Å². The van der Waals surface area contributed by atoms with Crippen molar-refractivity contribution in [1.29, 1.82) is 0 Å². The number of benzene rings is 1. The molecule has 210 valence electrons. The second-order valence-corrected chi connectivity index (χ2v) is 12.0. The van der Waals surface area contributed by atoms with Gasteiger partial charge in [-0.3, -0.25) is 19.2 Å². The van der Waals surface area contributed by atoms with Crippen molar-refractivity contribution in [1.82, 2.24) is 9.96 Å². The minimum absolute atomic E-state index is 0.0691. The second kappa shape index (κ2) is 13.4. The van der Waals surface area contributed by atoms with Gasteiger partial charge < -0.3 is 9.64 Å². The van der Waals surface area contributed by atoms with Gasteiger partial charge >= 0.3 is 5.97 Å². The van der Waals surface area contributed by atoms with Gasteiger partial charge in [0.15, 0.2) is 0 Å². The van der Waals surface area contributed by atoms with Crippen LogP contribution >= 0.6 is 0 Å². The van der Waals surface area contributed by atoms with Crippen LogP contribution in [0.3, 0.4) is 0 Å². The Hall–Kier alpha value is -2.67. The zero-order chi connectivity index (χ0) is 27.9. The summed E-state index contributed by atoms with van der Waals surface area (Å²) in [6.45, 7) is 12.4. The predicted molar refractivity (Wildman–Crippen MR) is 148 cm³/mol. The fourth-order valence-corrected chi connectivity index (χ4v) is 5.42. The lowest BCUT2D eigenvalue weighted by atomic mass is 9.81. The van der Waals surface area contributed by atoms with Crippen LogP contribution in [0.1, 0.15) is 85.6 Å². The van der Waals surface area contributed by atoms with Crippen LogP contribution < -0.4 is 0 Å². The van der Waals surface area contributed by atoms with Crippen LogP contribution in [0.4, 0.5) is 0 Å². The van der Waals surface area contributed by atoms with Crippen LogP contribution in [0.25, 0.3) is 0 Å². The molecule has 2 amide bonds. The summed E-state index contributed by atoms with van der Waals surface area (Å²) >= 11 is 0. The van der Waals surface area contributed by atoms with Crippen LogP contribution in [-0.2, 0) is 30.6 Å². The summed E-state index contributed by atoms with van der Waals surface area (Å²) in [7, 11) is 0. The Morgan fingerprint density at radius 2 is 1.84 bits per heavy atom. The molecule has 7 nitrogen and oxygen atoms in total. The Balaban J connectivity index is 1.97. The van der Waals surface area contributed by atoms with E-state index >= 15 is 0 Å².